The quantitative estimate of drug-likeness (QED) is 0.881. The Morgan fingerprint density at radius 1 is 1.63 bits per heavy atom. The normalized spacial score (nSPS) is 21.9. The van der Waals surface area contributed by atoms with Crippen LogP contribution in [-0.2, 0) is 4.79 Å². The van der Waals surface area contributed by atoms with Crippen LogP contribution in [0, 0.1) is 0 Å². The molecule has 0 spiro atoms. The fraction of sp³-hybridized carbons (Fsp3) is 0.538. The number of piperidine rings is 1. The third kappa shape index (κ3) is 3.89. The number of hydrogen-bond acceptors (Lipinski definition) is 4. The Balaban J connectivity index is 1.93. The summed E-state index contributed by atoms with van der Waals surface area (Å²) in [6.07, 6.45) is 3.58. The van der Waals surface area contributed by atoms with Crippen molar-refractivity contribution < 1.29 is 4.79 Å². The highest BCUT2D eigenvalue weighted by atomic mass is 35.5. The summed E-state index contributed by atoms with van der Waals surface area (Å²) in [7, 11) is 0. The molecule has 0 saturated carbocycles. The fourth-order valence-electron chi connectivity index (χ4n) is 2.24. The number of amides is 1. The summed E-state index contributed by atoms with van der Waals surface area (Å²) in [5.41, 5.74) is 5.93. The van der Waals surface area contributed by atoms with Crippen molar-refractivity contribution >= 4 is 23.3 Å². The Morgan fingerprint density at radius 3 is 3.05 bits per heavy atom. The van der Waals surface area contributed by atoms with E-state index in [9.17, 15) is 4.79 Å². The zero-order valence-electron chi connectivity index (χ0n) is 11.0. The van der Waals surface area contributed by atoms with Crippen molar-refractivity contribution in [3.8, 4) is 0 Å². The molecule has 1 aliphatic heterocycles. The first kappa shape index (κ1) is 14.2. The number of halogens is 1. The Labute approximate surface area is 118 Å². The summed E-state index contributed by atoms with van der Waals surface area (Å²) in [6, 6.07) is 3.35. The second-order valence-corrected chi connectivity index (χ2v) is 5.36. The van der Waals surface area contributed by atoms with Crippen molar-refractivity contribution in [3.63, 3.8) is 0 Å². The molecule has 1 aromatic heterocycles. The van der Waals surface area contributed by atoms with Crippen molar-refractivity contribution in [2.75, 3.05) is 18.4 Å². The van der Waals surface area contributed by atoms with Crippen molar-refractivity contribution in [1.82, 2.24) is 9.88 Å². The van der Waals surface area contributed by atoms with Gasteiger partial charge in [0.1, 0.15) is 5.82 Å². The van der Waals surface area contributed by atoms with Crippen LogP contribution in [-0.4, -0.2) is 41.0 Å². The van der Waals surface area contributed by atoms with Gasteiger partial charge in [0, 0.05) is 18.8 Å². The van der Waals surface area contributed by atoms with E-state index in [1.807, 2.05) is 6.92 Å². The number of likely N-dealkylation sites (tertiary alicyclic amines) is 1. The van der Waals surface area contributed by atoms with Gasteiger partial charge in [-0.3, -0.25) is 9.69 Å². The SMILES string of the molecule is CC(C(=O)Nc1ccc(Cl)cn1)N1CCCC(N)C1. The van der Waals surface area contributed by atoms with Gasteiger partial charge in [-0.05, 0) is 38.4 Å². The highest BCUT2D eigenvalue weighted by molar-refractivity contribution is 6.30. The van der Waals surface area contributed by atoms with Gasteiger partial charge in [-0.2, -0.15) is 0 Å². The van der Waals surface area contributed by atoms with E-state index in [1.165, 1.54) is 6.20 Å². The lowest BCUT2D eigenvalue weighted by Gasteiger charge is -2.34. The minimum absolute atomic E-state index is 0.0658. The average molecular weight is 283 g/mol. The zero-order valence-corrected chi connectivity index (χ0v) is 11.7. The molecule has 3 N–H and O–H groups in total. The predicted molar refractivity (Wildman–Crippen MR) is 76.1 cm³/mol. The minimum Gasteiger partial charge on any atom is -0.327 e. The highest BCUT2D eigenvalue weighted by Gasteiger charge is 2.25. The molecule has 1 saturated heterocycles. The summed E-state index contributed by atoms with van der Waals surface area (Å²) in [6.45, 7) is 3.57. The number of carbonyl (C=O) groups excluding carboxylic acids is 1. The number of pyridine rings is 1. The topological polar surface area (TPSA) is 71.2 Å². The van der Waals surface area contributed by atoms with Gasteiger partial charge in [0.15, 0.2) is 0 Å². The summed E-state index contributed by atoms with van der Waals surface area (Å²) in [5, 5.41) is 3.34. The molecule has 2 heterocycles. The van der Waals surface area contributed by atoms with Crippen LogP contribution in [0.1, 0.15) is 19.8 Å². The Bertz CT molecular complexity index is 437. The molecule has 1 aromatic rings. The molecule has 1 aliphatic rings. The lowest BCUT2D eigenvalue weighted by molar-refractivity contribution is -0.121. The smallest absolute Gasteiger partial charge is 0.242 e. The first-order valence-corrected chi connectivity index (χ1v) is 6.86. The van der Waals surface area contributed by atoms with E-state index in [4.69, 9.17) is 17.3 Å². The number of nitrogens with zero attached hydrogens (tertiary/aromatic N) is 2. The monoisotopic (exact) mass is 282 g/mol. The second kappa shape index (κ2) is 6.32. The van der Waals surface area contributed by atoms with Gasteiger partial charge in [0.2, 0.25) is 5.91 Å². The highest BCUT2D eigenvalue weighted by Crippen LogP contribution is 2.14. The van der Waals surface area contributed by atoms with Crippen molar-refractivity contribution in [2.45, 2.75) is 31.8 Å². The van der Waals surface area contributed by atoms with Gasteiger partial charge in [-0.15, -0.1) is 0 Å². The molecule has 1 amide bonds. The van der Waals surface area contributed by atoms with Crippen LogP contribution >= 0.6 is 11.6 Å². The van der Waals surface area contributed by atoms with Crippen LogP contribution in [0.2, 0.25) is 5.02 Å². The molecule has 5 nitrogen and oxygen atoms in total. The average Bonchev–Trinajstić information content (AvgIpc) is 2.40. The van der Waals surface area contributed by atoms with Gasteiger partial charge >= 0.3 is 0 Å². The molecule has 2 atom stereocenters. The molecule has 2 rings (SSSR count). The van der Waals surface area contributed by atoms with Crippen LogP contribution < -0.4 is 11.1 Å². The standard InChI is InChI=1S/C13H19ClN4O/c1-9(18-6-2-3-11(15)8-18)13(19)17-12-5-4-10(14)7-16-12/h4-5,7,9,11H,2-3,6,8,15H2,1H3,(H,16,17,19). The van der Waals surface area contributed by atoms with Crippen molar-refractivity contribution in [3.05, 3.63) is 23.4 Å². The Morgan fingerprint density at radius 2 is 2.42 bits per heavy atom. The lowest BCUT2D eigenvalue weighted by atomic mass is 10.0. The molecule has 0 radical (unpaired) electrons. The van der Waals surface area contributed by atoms with Crippen LogP contribution in [0.25, 0.3) is 0 Å². The van der Waals surface area contributed by atoms with Crippen molar-refractivity contribution in [1.29, 1.82) is 0 Å². The molecule has 6 heteroatoms. The summed E-state index contributed by atoms with van der Waals surface area (Å²) < 4.78 is 0. The fourth-order valence-corrected chi connectivity index (χ4v) is 2.35. The van der Waals surface area contributed by atoms with Crippen LogP contribution in [0.15, 0.2) is 18.3 Å². The van der Waals surface area contributed by atoms with E-state index in [0.29, 0.717) is 10.8 Å². The Kier molecular flexibility index (Phi) is 4.74. The number of nitrogens with one attached hydrogen (secondary N) is 1. The van der Waals surface area contributed by atoms with Gasteiger partial charge < -0.3 is 11.1 Å². The number of nitrogens with two attached hydrogens (primary N) is 1. The Hall–Kier alpha value is -1.17. The van der Waals surface area contributed by atoms with Crippen LogP contribution in [0.5, 0.6) is 0 Å². The van der Waals surface area contributed by atoms with Gasteiger partial charge in [0.05, 0.1) is 11.1 Å². The second-order valence-electron chi connectivity index (χ2n) is 4.92. The van der Waals surface area contributed by atoms with E-state index < -0.39 is 0 Å². The maximum Gasteiger partial charge on any atom is 0.242 e. The third-order valence-electron chi connectivity index (χ3n) is 3.40. The number of aromatic nitrogens is 1. The summed E-state index contributed by atoms with van der Waals surface area (Å²) >= 11 is 5.75. The summed E-state index contributed by atoms with van der Waals surface area (Å²) in [4.78, 5) is 18.3. The molecule has 0 aromatic carbocycles. The van der Waals surface area contributed by atoms with Gasteiger partial charge in [0.25, 0.3) is 0 Å². The maximum atomic E-state index is 12.1. The van der Waals surface area contributed by atoms with Gasteiger partial charge in [-0.25, -0.2) is 4.98 Å². The first-order chi connectivity index (χ1) is 9.06. The van der Waals surface area contributed by atoms with Crippen molar-refractivity contribution in [2.24, 2.45) is 5.73 Å². The van der Waals surface area contributed by atoms with E-state index in [2.05, 4.69) is 15.2 Å². The largest absolute Gasteiger partial charge is 0.327 e. The third-order valence-corrected chi connectivity index (χ3v) is 3.62. The molecule has 104 valence electrons. The zero-order chi connectivity index (χ0) is 13.8. The van der Waals surface area contributed by atoms with E-state index in [0.717, 1.165) is 25.9 Å². The van der Waals surface area contributed by atoms with Crippen LogP contribution in [0.3, 0.4) is 0 Å². The van der Waals surface area contributed by atoms with E-state index in [1.54, 1.807) is 12.1 Å². The number of rotatable bonds is 3. The number of carbonyl (C=O) groups is 1. The number of anilines is 1. The minimum atomic E-state index is -0.205. The molecular weight excluding hydrogens is 264 g/mol. The van der Waals surface area contributed by atoms with Gasteiger partial charge in [-0.1, -0.05) is 11.6 Å². The maximum absolute atomic E-state index is 12.1. The summed E-state index contributed by atoms with van der Waals surface area (Å²) in [5.74, 6) is 0.450. The lowest BCUT2D eigenvalue weighted by Crippen LogP contribution is -2.50. The van der Waals surface area contributed by atoms with Crippen LogP contribution in [0.4, 0.5) is 5.82 Å². The predicted octanol–water partition coefficient (Wildman–Crippen LogP) is 1.49. The van der Waals surface area contributed by atoms with E-state index in [-0.39, 0.29) is 18.0 Å². The molecule has 0 aliphatic carbocycles. The molecule has 2 unspecified atom stereocenters. The van der Waals surface area contributed by atoms with E-state index >= 15 is 0 Å². The first-order valence-electron chi connectivity index (χ1n) is 6.48. The molecule has 0 bridgehead atoms. The molecule has 19 heavy (non-hydrogen) atoms. The number of hydrogen-bond donors (Lipinski definition) is 2. The molecular formula is C13H19ClN4O. The molecule has 1 fully saturated rings.